The van der Waals surface area contributed by atoms with Crippen LogP contribution < -0.4 is 0 Å². The van der Waals surface area contributed by atoms with Crippen molar-refractivity contribution in [2.75, 3.05) is 7.11 Å². The molecule has 1 fully saturated rings. The second-order valence-corrected chi connectivity index (χ2v) is 4.86. The molecule has 0 radical (unpaired) electrons. The van der Waals surface area contributed by atoms with E-state index in [1.54, 1.807) is 11.8 Å². The average molecular weight is 244 g/mol. The van der Waals surface area contributed by atoms with Gasteiger partial charge in [-0.25, -0.2) is 13.5 Å². The molecule has 5 heteroatoms. The van der Waals surface area contributed by atoms with Crippen LogP contribution in [-0.4, -0.2) is 22.8 Å². The Morgan fingerprint density at radius 2 is 2.29 bits per heavy atom. The second-order valence-electron chi connectivity index (χ2n) is 4.86. The number of alkyl halides is 2. The number of ether oxygens (including phenoxy) is 1. The van der Waals surface area contributed by atoms with Crippen LogP contribution in [0.1, 0.15) is 37.8 Å². The Bertz CT molecular complexity index is 373. The van der Waals surface area contributed by atoms with Gasteiger partial charge in [-0.05, 0) is 32.3 Å². The van der Waals surface area contributed by atoms with Crippen molar-refractivity contribution in [2.45, 2.75) is 44.8 Å². The molecule has 0 aliphatic heterocycles. The van der Waals surface area contributed by atoms with Crippen LogP contribution in [0.25, 0.3) is 0 Å². The molecule has 2 rings (SSSR count). The SMILES string of the molecule is COCn1ccc(C2CCC(C(C)(F)F)C2)n1. The van der Waals surface area contributed by atoms with Crippen LogP contribution >= 0.6 is 0 Å². The van der Waals surface area contributed by atoms with Gasteiger partial charge in [0.15, 0.2) is 0 Å². The van der Waals surface area contributed by atoms with Crippen molar-refractivity contribution < 1.29 is 13.5 Å². The van der Waals surface area contributed by atoms with E-state index in [0.717, 1.165) is 19.0 Å². The maximum atomic E-state index is 13.2. The molecular weight excluding hydrogens is 226 g/mol. The number of halogens is 2. The molecule has 3 nitrogen and oxygen atoms in total. The largest absolute Gasteiger partial charge is 0.362 e. The molecule has 0 spiro atoms. The van der Waals surface area contributed by atoms with Crippen molar-refractivity contribution in [3.8, 4) is 0 Å². The van der Waals surface area contributed by atoms with E-state index in [-0.39, 0.29) is 5.92 Å². The lowest BCUT2D eigenvalue weighted by molar-refractivity contribution is -0.0372. The minimum absolute atomic E-state index is 0.170. The summed E-state index contributed by atoms with van der Waals surface area (Å²) in [6.07, 6.45) is 3.76. The molecule has 1 saturated carbocycles. The zero-order valence-corrected chi connectivity index (χ0v) is 10.2. The standard InChI is InChI=1S/C12H18F2N2O/c1-12(13,14)10-4-3-9(7-10)11-5-6-16(15-11)8-17-2/h5-6,9-10H,3-4,7-8H2,1-2H3. The Morgan fingerprint density at radius 3 is 2.88 bits per heavy atom. The van der Waals surface area contributed by atoms with Crippen molar-refractivity contribution in [2.24, 2.45) is 5.92 Å². The highest BCUT2D eigenvalue weighted by Crippen LogP contribution is 2.44. The normalized spacial score (nSPS) is 25.4. The average Bonchev–Trinajstić information content (AvgIpc) is 2.82. The summed E-state index contributed by atoms with van der Waals surface area (Å²) in [5, 5.41) is 4.35. The number of methoxy groups -OCH3 is 1. The second kappa shape index (κ2) is 4.72. The molecule has 0 saturated heterocycles. The van der Waals surface area contributed by atoms with E-state index in [0.29, 0.717) is 19.6 Å². The summed E-state index contributed by atoms with van der Waals surface area (Å²) in [4.78, 5) is 0. The lowest BCUT2D eigenvalue weighted by atomic mass is 9.98. The Morgan fingerprint density at radius 1 is 1.53 bits per heavy atom. The summed E-state index contributed by atoms with van der Waals surface area (Å²) in [5.74, 6) is -2.90. The molecule has 1 aromatic heterocycles. The quantitative estimate of drug-likeness (QED) is 0.814. The Kier molecular flexibility index (Phi) is 3.47. The van der Waals surface area contributed by atoms with Gasteiger partial charge in [-0.1, -0.05) is 0 Å². The summed E-state index contributed by atoms with van der Waals surface area (Å²) in [6.45, 7) is 1.42. The molecular formula is C12H18F2N2O. The molecule has 0 N–H and O–H groups in total. The predicted octanol–water partition coefficient (Wildman–Crippen LogP) is 3.03. The molecule has 96 valence electrons. The summed E-state index contributed by atoms with van der Waals surface area (Å²) in [5.41, 5.74) is 0.911. The van der Waals surface area contributed by atoms with Crippen molar-refractivity contribution in [3.63, 3.8) is 0 Å². The van der Waals surface area contributed by atoms with E-state index in [2.05, 4.69) is 5.10 Å². The minimum Gasteiger partial charge on any atom is -0.362 e. The van der Waals surface area contributed by atoms with Crippen molar-refractivity contribution in [1.82, 2.24) is 9.78 Å². The molecule has 0 aromatic carbocycles. The van der Waals surface area contributed by atoms with Crippen molar-refractivity contribution >= 4 is 0 Å². The first-order chi connectivity index (χ1) is 8.00. The van der Waals surface area contributed by atoms with Crippen LogP contribution in [0.2, 0.25) is 0 Å². The third-order valence-corrected chi connectivity index (χ3v) is 3.49. The van der Waals surface area contributed by atoms with Crippen molar-refractivity contribution in [1.29, 1.82) is 0 Å². The van der Waals surface area contributed by atoms with Gasteiger partial charge in [-0.2, -0.15) is 5.10 Å². The zero-order valence-electron chi connectivity index (χ0n) is 10.2. The Labute approximate surface area is 99.8 Å². The minimum atomic E-state index is -2.57. The molecule has 1 aromatic rings. The molecule has 1 heterocycles. The highest BCUT2D eigenvalue weighted by Gasteiger charge is 2.40. The number of hydrogen-bond donors (Lipinski definition) is 0. The van der Waals surface area contributed by atoms with E-state index in [1.165, 1.54) is 0 Å². The molecule has 2 unspecified atom stereocenters. The van der Waals surface area contributed by atoms with Crippen LogP contribution in [0.3, 0.4) is 0 Å². The molecule has 1 aliphatic rings. The van der Waals surface area contributed by atoms with Crippen LogP contribution in [0.15, 0.2) is 12.3 Å². The summed E-state index contributed by atoms with van der Waals surface area (Å²) in [6, 6.07) is 1.90. The summed E-state index contributed by atoms with van der Waals surface area (Å²) in [7, 11) is 1.60. The Balaban J connectivity index is 2.00. The Hall–Kier alpha value is -0.970. The van der Waals surface area contributed by atoms with Gasteiger partial charge in [0.1, 0.15) is 6.73 Å². The number of hydrogen-bond acceptors (Lipinski definition) is 2. The van der Waals surface area contributed by atoms with E-state index >= 15 is 0 Å². The smallest absolute Gasteiger partial charge is 0.248 e. The molecule has 0 bridgehead atoms. The fraction of sp³-hybridized carbons (Fsp3) is 0.750. The van der Waals surface area contributed by atoms with E-state index in [1.807, 2.05) is 12.3 Å². The van der Waals surface area contributed by atoms with Gasteiger partial charge in [-0.15, -0.1) is 0 Å². The van der Waals surface area contributed by atoms with Crippen LogP contribution in [-0.2, 0) is 11.5 Å². The summed E-state index contributed by atoms with van der Waals surface area (Å²) < 4.78 is 33.0. The highest BCUT2D eigenvalue weighted by atomic mass is 19.3. The van der Waals surface area contributed by atoms with Crippen LogP contribution in [0, 0.1) is 5.92 Å². The topological polar surface area (TPSA) is 27.1 Å². The fourth-order valence-electron chi connectivity index (χ4n) is 2.51. The first-order valence-corrected chi connectivity index (χ1v) is 5.91. The van der Waals surface area contributed by atoms with Gasteiger partial charge in [-0.3, -0.25) is 0 Å². The van der Waals surface area contributed by atoms with Crippen molar-refractivity contribution in [3.05, 3.63) is 18.0 Å². The zero-order chi connectivity index (χ0) is 12.5. The van der Waals surface area contributed by atoms with Gasteiger partial charge in [0, 0.05) is 25.1 Å². The van der Waals surface area contributed by atoms with Crippen LogP contribution in [0.4, 0.5) is 8.78 Å². The third kappa shape index (κ3) is 2.83. The van der Waals surface area contributed by atoms with Gasteiger partial charge in [0.25, 0.3) is 0 Å². The number of rotatable bonds is 4. The third-order valence-electron chi connectivity index (χ3n) is 3.49. The predicted molar refractivity (Wildman–Crippen MR) is 59.9 cm³/mol. The van der Waals surface area contributed by atoms with Crippen LogP contribution in [0.5, 0.6) is 0 Å². The van der Waals surface area contributed by atoms with Gasteiger partial charge in [0.2, 0.25) is 5.92 Å². The molecule has 0 amide bonds. The maximum absolute atomic E-state index is 13.2. The van der Waals surface area contributed by atoms with Gasteiger partial charge in [0.05, 0.1) is 5.69 Å². The molecule has 1 aliphatic carbocycles. The molecule has 2 atom stereocenters. The molecule has 17 heavy (non-hydrogen) atoms. The van der Waals surface area contributed by atoms with Gasteiger partial charge < -0.3 is 4.74 Å². The van der Waals surface area contributed by atoms with E-state index in [9.17, 15) is 8.78 Å². The first-order valence-electron chi connectivity index (χ1n) is 5.91. The first kappa shape index (κ1) is 12.5. The maximum Gasteiger partial charge on any atom is 0.248 e. The highest BCUT2D eigenvalue weighted by molar-refractivity contribution is 5.09. The summed E-state index contributed by atoms with van der Waals surface area (Å²) >= 11 is 0. The van der Waals surface area contributed by atoms with E-state index < -0.39 is 11.8 Å². The number of nitrogens with zero attached hydrogens (tertiary/aromatic N) is 2. The lowest BCUT2D eigenvalue weighted by Crippen LogP contribution is -2.21. The monoisotopic (exact) mass is 244 g/mol. The van der Waals surface area contributed by atoms with E-state index in [4.69, 9.17) is 4.74 Å². The number of aromatic nitrogens is 2. The fourth-order valence-corrected chi connectivity index (χ4v) is 2.51. The van der Waals surface area contributed by atoms with Gasteiger partial charge >= 0.3 is 0 Å². The lowest BCUT2D eigenvalue weighted by Gasteiger charge is -2.18.